The highest BCUT2D eigenvalue weighted by Crippen LogP contribution is 2.23. The van der Waals surface area contributed by atoms with Crippen molar-refractivity contribution in [1.82, 2.24) is 4.57 Å². The molecule has 1 aliphatic carbocycles. The second-order valence-electron chi connectivity index (χ2n) is 8.55. The van der Waals surface area contributed by atoms with Crippen LogP contribution in [0, 0.1) is 0 Å². The van der Waals surface area contributed by atoms with Gasteiger partial charge < -0.3 is 14.6 Å². The molecule has 1 aliphatic rings. The predicted molar refractivity (Wildman–Crippen MR) is 135 cm³/mol. The first-order valence-electron chi connectivity index (χ1n) is 12.1. The Balaban J connectivity index is 1.34. The van der Waals surface area contributed by atoms with E-state index in [1.54, 1.807) is 0 Å². The van der Waals surface area contributed by atoms with E-state index in [1.807, 2.05) is 53.8 Å². The maximum atomic E-state index is 5.88. The van der Waals surface area contributed by atoms with Crippen molar-refractivity contribution in [2.45, 2.75) is 70.9 Å². The van der Waals surface area contributed by atoms with E-state index in [2.05, 4.69) is 34.3 Å². The van der Waals surface area contributed by atoms with Gasteiger partial charge in [-0.3, -0.25) is 4.99 Å². The zero-order valence-electron chi connectivity index (χ0n) is 19.1. The van der Waals surface area contributed by atoms with Gasteiger partial charge in [0.2, 0.25) is 0 Å². The van der Waals surface area contributed by atoms with Crippen molar-refractivity contribution in [3.8, 4) is 11.5 Å². The fourth-order valence-electron chi connectivity index (χ4n) is 4.27. The highest BCUT2D eigenvalue weighted by Gasteiger charge is 2.12. The van der Waals surface area contributed by atoms with Gasteiger partial charge in [-0.25, -0.2) is 0 Å². The van der Waals surface area contributed by atoms with Crippen molar-refractivity contribution in [2.75, 3.05) is 11.9 Å². The molecule has 0 atom stereocenters. The Morgan fingerprint density at radius 1 is 0.969 bits per heavy atom. The van der Waals surface area contributed by atoms with Gasteiger partial charge in [0.25, 0.3) is 0 Å². The van der Waals surface area contributed by atoms with Crippen LogP contribution in [-0.4, -0.2) is 17.2 Å². The van der Waals surface area contributed by atoms with E-state index in [-0.39, 0.29) is 0 Å². The SMILES string of the molecule is CCCn1c(CCNc2ccc(Oc3ccccc3)cc2)csc1=NC1CCCCCC1. The molecule has 4 rings (SSSR count). The van der Waals surface area contributed by atoms with Crippen LogP contribution >= 0.6 is 11.3 Å². The maximum Gasteiger partial charge on any atom is 0.185 e. The summed E-state index contributed by atoms with van der Waals surface area (Å²) in [5.41, 5.74) is 2.51. The Morgan fingerprint density at radius 3 is 2.41 bits per heavy atom. The molecule has 0 spiro atoms. The van der Waals surface area contributed by atoms with E-state index in [0.29, 0.717) is 6.04 Å². The summed E-state index contributed by atoms with van der Waals surface area (Å²) in [6.45, 7) is 4.21. The van der Waals surface area contributed by atoms with Crippen LogP contribution in [0.2, 0.25) is 0 Å². The average Bonchev–Trinajstić information content (AvgIpc) is 3.01. The Kier molecular flexibility index (Phi) is 8.43. The van der Waals surface area contributed by atoms with E-state index in [1.165, 1.54) is 49.0 Å². The molecular formula is C27H35N3OS. The molecule has 0 radical (unpaired) electrons. The highest BCUT2D eigenvalue weighted by molar-refractivity contribution is 7.07. The minimum atomic E-state index is 0.516. The topological polar surface area (TPSA) is 38.5 Å². The minimum absolute atomic E-state index is 0.516. The maximum absolute atomic E-state index is 5.88. The van der Waals surface area contributed by atoms with Crippen LogP contribution in [0.25, 0.3) is 0 Å². The number of hydrogen-bond acceptors (Lipinski definition) is 4. The van der Waals surface area contributed by atoms with Gasteiger partial charge in [0.1, 0.15) is 11.5 Å². The van der Waals surface area contributed by atoms with Crippen LogP contribution in [0.5, 0.6) is 11.5 Å². The van der Waals surface area contributed by atoms with Crippen molar-refractivity contribution in [2.24, 2.45) is 4.99 Å². The average molecular weight is 450 g/mol. The van der Waals surface area contributed by atoms with Crippen molar-refractivity contribution in [3.05, 3.63) is 70.5 Å². The highest BCUT2D eigenvalue weighted by atomic mass is 32.1. The smallest absolute Gasteiger partial charge is 0.185 e. The number of ether oxygens (including phenoxy) is 1. The van der Waals surface area contributed by atoms with Crippen molar-refractivity contribution in [3.63, 3.8) is 0 Å². The lowest BCUT2D eigenvalue weighted by Gasteiger charge is -2.12. The molecule has 0 unspecified atom stereocenters. The quantitative estimate of drug-likeness (QED) is 0.356. The molecule has 1 fully saturated rings. The van der Waals surface area contributed by atoms with E-state index >= 15 is 0 Å². The largest absolute Gasteiger partial charge is 0.457 e. The van der Waals surface area contributed by atoms with Crippen LogP contribution in [-0.2, 0) is 13.0 Å². The molecule has 4 nitrogen and oxygen atoms in total. The Labute approximate surface area is 196 Å². The van der Waals surface area contributed by atoms with Crippen LogP contribution in [0.1, 0.15) is 57.6 Å². The second-order valence-corrected chi connectivity index (χ2v) is 9.39. The first-order valence-corrected chi connectivity index (χ1v) is 13.0. The van der Waals surface area contributed by atoms with Gasteiger partial charge in [-0.2, -0.15) is 0 Å². The van der Waals surface area contributed by atoms with E-state index in [4.69, 9.17) is 9.73 Å². The first kappa shape index (κ1) is 22.7. The molecule has 0 bridgehead atoms. The molecule has 5 heteroatoms. The summed E-state index contributed by atoms with van der Waals surface area (Å²) >= 11 is 1.82. The van der Waals surface area contributed by atoms with E-state index in [9.17, 15) is 0 Å². The number of benzene rings is 2. The van der Waals surface area contributed by atoms with E-state index in [0.717, 1.165) is 43.1 Å². The summed E-state index contributed by atoms with van der Waals surface area (Å²) in [5, 5.41) is 5.87. The molecule has 1 N–H and O–H groups in total. The fraction of sp³-hybridized carbons (Fsp3) is 0.444. The Morgan fingerprint density at radius 2 is 1.69 bits per heavy atom. The van der Waals surface area contributed by atoms with Crippen LogP contribution < -0.4 is 14.9 Å². The van der Waals surface area contributed by atoms with Gasteiger partial charge in [-0.05, 0) is 55.7 Å². The van der Waals surface area contributed by atoms with Crippen molar-refractivity contribution in [1.29, 1.82) is 0 Å². The van der Waals surface area contributed by atoms with Gasteiger partial charge in [0, 0.05) is 36.3 Å². The molecule has 1 aromatic heterocycles. The summed E-state index contributed by atoms with van der Waals surface area (Å²) in [5.74, 6) is 1.71. The molecule has 0 amide bonds. The third-order valence-corrected chi connectivity index (χ3v) is 6.91. The van der Waals surface area contributed by atoms with Gasteiger partial charge in [-0.15, -0.1) is 11.3 Å². The number of para-hydroxylation sites is 1. The number of rotatable bonds is 9. The van der Waals surface area contributed by atoms with Gasteiger partial charge in [0.15, 0.2) is 4.80 Å². The second kappa shape index (κ2) is 11.9. The van der Waals surface area contributed by atoms with Crippen LogP contribution in [0.3, 0.4) is 0 Å². The summed E-state index contributed by atoms with van der Waals surface area (Å²) < 4.78 is 8.33. The summed E-state index contributed by atoms with van der Waals surface area (Å²) in [7, 11) is 0. The number of nitrogens with zero attached hydrogens (tertiary/aromatic N) is 2. The number of anilines is 1. The molecule has 0 saturated heterocycles. The summed E-state index contributed by atoms with van der Waals surface area (Å²) in [4.78, 5) is 6.39. The molecule has 1 heterocycles. The molecular weight excluding hydrogens is 414 g/mol. The third-order valence-electron chi connectivity index (χ3n) is 5.99. The Bertz CT molecular complexity index is 999. The Hall–Kier alpha value is -2.53. The minimum Gasteiger partial charge on any atom is -0.457 e. The monoisotopic (exact) mass is 449 g/mol. The molecule has 0 aliphatic heterocycles. The molecule has 3 aromatic rings. The zero-order valence-corrected chi connectivity index (χ0v) is 19.9. The fourth-order valence-corrected chi connectivity index (χ4v) is 5.30. The van der Waals surface area contributed by atoms with Crippen molar-refractivity contribution >= 4 is 17.0 Å². The van der Waals surface area contributed by atoms with Gasteiger partial charge in [0.05, 0.1) is 6.04 Å². The predicted octanol–water partition coefficient (Wildman–Crippen LogP) is 7.03. The number of hydrogen-bond donors (Lipinski definition) is 1. The standard InChI is InChI=1S/C27H35N3OS/c1-2-20-30-24(21-32-27(30)29-23-10-6-3-4-7-11-23)18-19-28-22-14-16-26(17-15-22)31-25-12-8-5-9-13-25/h5,8-9,12-17,21,23,28H,2-4,6-7,10-11,18-20H2,1H3. The van der Waals surface area contributed by atoms with Crippen molar-refractivity contribution < 1.29 is 4.74 Å². The molecule has 170 valence electrons. The molecule has 2 aromatic carbocycles. The summed E-state index contributed by atoms with van der Waals surface area (Å²) in [6, 6.07) is 18.6. The lowest BCUT2D eigenvalue weighted by atomic mass is 10.1. The zero-order chi connectivity index (χ0) is 22.0. The van der Waals surface area contributed by atoms with E-state index < -0.39 is 0 Å². The normalized spacial score (nSPS) is 15.5. The number of thiazole rings is 1. The van der Waals surface area contributed by atoms with Crippen LogP contribution in [0.15, 0.2) is 65.0 Å². The van der Waals surface area contributed by atoms with Gasteiger partial charge in [-0.1, -0.05) is 50.8 Å². The molecule has 32 heavy (non-hydrogen) atoms. The lowest BCUT2D eigenvalue weighted by molar-refractivity contribution is 0.483. The van der Waals surface area contributed by atoms with Crippen LogP contribution in [0.4, 0.5) is 5.69 Å². The number of nitrogens with one attached hydrogen (secondary N) is 1. The third kappa shape index (κ3) is 6.49. The number of aromatic nitrogens is 1. The van der Waals surface area contributed by atoms with Gasteiger partial charge >= 0.3 is 0 Å². The lowest BCUT2D eigenvalue weighted by Crippen LogP contribution is -2.21. The first-order chi connectivity index (χ1) is 15.8. The molecule has 1 saturated carbocycles. The summed E-state index contributed by atoms with van der Waals surface area (Å²) in [6.07, 6.45) is 10.1.